The summed E-state index contributed by atoms with van der Waals surface area (Å²) >= 11 is 5.56. The molecule has 0 aliphatic heterocycles. The predicted molar refractivity (Wildman–Crippen MR) is 68.7 cm³/mol. The van der Waals surface area contributed by atoms with Crippen molar-refractivity contribution in [3.63, 3.8) is 0 Å². The number of benzene rings is 1. The first-order chi connectivity index (χ1) is 6.90. The minimum absolute atomic E-state index is 0. The molecular formula is C12H11Cl2N. The summed E-state index contributed by atoms with van der Waals surface area (Å²) < 4.78 is 0. The fourth-order valence-electron chi connectivity index (χ4n) is 1.36. The lowest BCUT2D eigenvalue weighted by atomic mass is 10.1. The van der Waals surface area contributed by atoms with Gasteiger partial charge in [0.25, 0.3) is 0 Å². The van der Waals surface area contributed by atoms with E-state index in [0.717, 1.165) is 11.1 Å². The van der Waals surface area contributed by atoms with Crippen LogP contribution in [0.3, 0.4) is 0 Å². The molecule has 1 aromatic heterocycles. The molecule has 78 valence electrons. The zero-order valence-electron chi connectivity index (χ0n) is 8.06. The Labute approximate surface area is 100 Å². The topological polar surface area (TPSA) is 12.9 Å². The first kappa shape index (κ1) is 12.0. The Hall–Kier alpha value is -1.05. The van der Waals surface area contributed by atoms with E-state index >= 15 is 0 Å². The number of nitrogens with zero attached hydrogens (tertiary/aromatic N) is 1. The second-order valence-electron chi connectivity index (χ2n) is 3.01. The van der Waals surface area contributed by atoms with Crippen LogP contribution in [0.15, 0.2) is 42.6 Å². The quantitative estimate of drug-likeness (QED) is 0.725. The van der Waals surface area contributed by atoms with Gasteiger partial charge in [0.15, 0.2) is 0 Å². The summed E-state index contributed by atoms with van der Waals surface area (Å²) in [7, 11) is 0. The lowest BCUT2D eigenvalue weighted by Crippen LogP contribution is -1.81. The Morgan fingerprint density at radius 1 is 1.20 bits per heavy atom. The molecule has 0 bridgehead atoms. The highest BCUT2D eigenvalue weighted by Crippen LogP contribution is 2.13. The Kier molecular flexibility index (Phi) is 4.60. The zero-order chi connectivity index (χ0) is 9.80. The molecule has 0 saturated carbocycles. The molecule has 1 aromatic carbocycles. The van der Waals surface area contributed by atoms with Gasteiger partial charge in [0.05, 0.1) is 5.69 Å². The van der Waals surface area contributed by atoms with Gasteiger partial charge in [-0.2, -0.15) is 0 Å². The van der Waals surface area contributed by atoms with Gasteiger partial charge in [0, 0.05) is 17.5 Å². The Morgan fingerprint density at radius 2 is 1.93 bits per heavy atom. The van der Waals surface area contributed by atoms with Crippen molar-refractivity contribution in [2.75, 3.05) is 5.88 Å². The summed E-state index contributed by atoms with van der Waals surface area (Å²) in [5.74, 6) is 0.522. The van der Waals surface area contributed by atoms with Gasteiger partial charge >= 0.3 is 0 Å². The molecule has 2 aromatic rings. The minimum atomic E-state index is 0. The van der Waals surface area contributed by atoms with Crippen molar-refractivity contribution in [2.24, 2.45) is 0 Å². The maximum Gasteiger partial charge on any atom is 0.0633 e. The van der Waals surface area contributed by atoms with E-state index in [-0.39, 0.29) is 12.4 Å². The molecule has 3 heteroatoms. The van der Waals surface area contributed by atoms with Crippen LogP contribution in [0.1, 0.15) is 5.69 Å². The average Bonchev–Trinajstić information content (AvgIpc) is 2.26. The molecule has 0 aliphatic rings. The van der Waals surface area contributed by atoms with Crippen LogP contribution in [0, 0.1) is 0 Å². The second-order valence-corrected chi connectivity index (χ2v) is 3.32. The Morgan fingerprint density at radius 3 is 2.67 bits per heavy atom. The minimum Gasteiger partial charge on any atom is -0.256 e. The Bertz CT molecular complexity index is 466. The monoisotopic (exact) mass is 239 g/mol. The molecule has 2 rings (SSSR count). The number of hydrogen-bond acceptors (Lipinski definition) is 1. The standard InChI is InChI=1S/C12H10ClN.ClH/c13-7-3-6-12-8-10-4-1-2-5-11(10)9-14-12;/h1-6,8-9H,7H2;1H/b6-3+;. The third-order valence-corrected chi connectivity index (χ3v) is 2.21. The van der Waals surface area contributed by atoms with Gasteiger partial charge < -0.3 is 0 Å². The average molecular weight is 240 g/mol. The van der Waals surface area contributed by atoms with Gasteiger partial charge in [-0.3, -0.25) is 4.98 Å². The van der Waals surface area contributed by atoms with Gasteiger partial charge in [0.1, 0.15) is 0 Å². The van der Waals surface area contributed by atoms with E-state index in [0.29, 0.717) is 5.88 Å². The Balaban J connectivity index is 0.00000112. The summed E-state index contributed by atoms with van der Waals surface area (Å²) in [6.45, 7) is 0. The van der Waals surface area contributed by atoms with Crippen molar-refractivity contribution >= 4 is 40.9 Å². The van der Waals surface area contributed by atoms with E-state index in [1.165, 1.54) is 5.39 Å². The molecule has 1 heterocycles. The van der Waals surface area contributed by atoms with Crippen molar-refractivity contribution in [3.8, 4) is 0 Å². The van der Waals surface area contributed by atoms with Crippen LogP contribution >= 0.6 is 24.0 Å². The molecule has 15 heavy (non-hydrogen) atoms. The summed E-state index contributed by atoms with van der Waals surface area (Å²) in [4.78, 5) is 4.30. The fourth-order valence-corrected chi connectivity index (χ4v) is 1.45. The van der Waals surface area contributed by atoms with Gasteiger partial charge in [-0.25, -0.2) is 0 Å². The fraction of sp³-hybridized carbons (Fsp3) is 0.0833. The third-order valence-electron chi connectivity index (χ3n) is 2.03. The number of aromatic nitrogens is 1. The normalized spacial score (nSPS) is 10.5. The first-order valence-electron chi connectivity index (χ1n) is 4.47. The van der Waals surface area contributed by atoms with Crippen LogP contribution in [0.2, 0.25) is 0 Å². The molecule has 0 radical (unpaired) electrons. The van der Waals surface area contributed by atoms with Crippen LogP contribution in [-0.2, 0) is 0 Å². The van der Waals surface area contributed by atoms with Crippen molar-refractivity contribution in [2.45, 2.75) is 0 Å². The molecule has 0 N–H and O–H groups in total. The van der Waals surface area contributed by atoms with Crippen LogP contribution in [-0.4, -0.2) is 10.9 Å². The van der Waals surface area contributed by atoms with Crippen LogP contribution < -0.4 is 0 Å². The third kappa shape index (κ3) is 2.95. The molecule has 0 aliphatic carbocycles. The van der Waals surface area contributed by atoms with Gasteiger partial charge in [-0.15, -0.1) is 24.0 Å². The van der Waals surface area contributed by atoms with E-state index in [9.17, 15) is 0 Å². The lowest BCUT2D eigenvalue weighted by Gasteiger charge is -1.97. The zero-order valence-corrected chi connectivity index (χ0v) is 9.63. The molecule has 0 amide bonds. The highest BCUT2D eigenvalue weighted by molar-refractivity contribution is 6.19. The number of allylic oxidation sites excluding steroid dienone is 1. The molecule has 1 nitrogen and oxygen atoms in total. The van der Waals surface area contributed by atoms with E-state index in [2.05, 4.69) is 23.2 Å². The summed E-state index contributed by atoms with van der Waals surface area (Å²) in [6, 6.07) is 10.2. The molecular weight excluding hydrogens is 229 g/mol. The number of rotatable bonds is 2. The van der Waals surface area contributed by atoms with E-state index < -0.39 is 0 Å². The molecule has 0 spiro atoms. The maximum absolute atomic E-state index is 5.56. The molecule has 0 saturated heterocycles. The van der Waals surface area contributed by atoms with E-state index in [1.54, 1.807) is 0 Å². The van der Waals surface area contributed by atoms with Crippen molar-refractivity contribution in [3.05, 3.63) is 48.3 Å². The molecule has 0 atom stereocenters. The lowest BCUT2D eigenvalue weighted by molar-refractivity contribution is 1.32. The first-order valence-corrected chi connectivity index (χ1v) is 5.01. The molecule has 0 fully saturated rings. The highest BCUT2D eigenvalue weighted by atomic mass is 35.5. The number of hydrogen-bond donors (Lipinski definition) is 0. The van der Waals surface area contributed by atoms with Gasteiger partial charge in [0.2, 0.25) is 0 Å². The summed E-state index contributed by atoms with van der Waals surface area (Å²) in [5, 5.41) is 2.37. The molecule has 0 unspecified atom stereocenters. The summed E-state index contributed by atoms with van der Waals surface area (Å²) in [6.07, 6.45) is 5.70. The maximum atomic E-state index is 5.56. The SMILES string of the molecule is Cl.ClC/C=C/c1cc2ccccc2cn1. The second kappa shape index (κ2) is 5.74. The number of alkyl halides is 1. The van der Waals surface area contributed by atoms with Crippen LogP contribution in [0.5, 0.6) is 0 Å². The largest absolute Gasteiger partial charge is 0.256 e. The predicted octanol–water partition coefficient (Wildman–Crippen LogP) is 3.91. The van der Waals surface area contributed by atoms with Crippen LogP contribution in [0.25, 0.3) is 16.8 Å². The number of fused-ring (bicyclic) bond motifs is 1. The number of pyridine rings is 1. The van der Waals surface area contributed by atoms with Gasteiger partial charge in [-0.05, 0) is 17.5 Å². The van der Waals surface area contributed by atoms with Crippen molar-refractivity contribution in [1.82, 2.24) is 4.98 Å². The van der Waals surface area contributed by atoms with Crippen LogP contribution in [0.4, 0.5) is 0 Å². The summed E-state index contributed by atoms with van der Waals surface area (Å²) in [5.41, 5.74) is 0.948. The highest BCUT2D eigenvalue weighted by Gasteiger charge is 1.93. The van der Waals surface area contributed by atoms with Crippen molar-refractivity contribution in [1.29, 1.82) is 0 Å². The van der Waals surface area contributed by atoms with E-state index in [4.69, 9.17) is 11.6 Å². The smallest absolute Gasteiger partial charge is 0.0633 e. The number of halogens is 2. The van der Waals surface area contributed by atoms with Crippen molar-refractivity contribution < 1.29 is 0 Å². The van der Waals surface area contributed by atoms with Gasteiger partial charge in [-0.1, -0.05) is 30.3 Å². The van der Waals surface area contributed by atoms with E-state index in [1.807, 2.05) is 30.5 Å².